The number of rotatable bonds is 6. The number of amidine groups is 1. The molecule has 0 bridgehead atoms. The highest BCUT2D eigenvalue weighted by Gasteiger charge is 2.28. The molecule has 0 saturated carbocycles. The fourth-order valence-electron chi connectivity index (χ4n) is 2.34. The molecule has 0 atom stereocenters. The number of hydrogen-bond donors (Lipinski definition) is 2. The molecule has 6 nitrogen and oxygen atoms in total. The Balaban J connectivity index is 2.23. The van der Waals surface area contributed by atoms with Crippen molar-refractivity contribution in [2.75, 3.05) is 6.54 Å². The van der Waals surface area contributed by atoms with E-state index in [2.05, 4.69) is 4.99 Å². The Labute approximate surface area is 137 Å². The topological polar surface area (TPSA) is 90.2 Å². The Morgan fingerprint density at radius 2 is 2.12 bits per heavy atom. The van der Waals surface area contributed by atoms with Crippen LogP contribution in [0.2, 0.25) is 0 Å². The lowest BCUT2D eigenvalue weighted by molar-refractivity contribution is -0.137. The summed E-state index contributed by atoms with van der Waals surface area (Å²) in [4.78, 5) is 28.2. The molecule has 1 aromatic rings. The molecule has 1 amide bonds. The number of aromatic hydroxyl groups is 1. The summed E-state index contributed by atoms with van der Waals surface area (Å²) in [6, 6.07) is 3.48. The minimum absolute atomic E-state index is 0.00425. The van der Waals surface area contributed by atoms with Gasteiger partial charge in [0, 0.05) is 18.4 Å². The average Bonchev–Trinajstić information content (AvgIpc) is 2.76. The van der Waals surface area contributed by atoms with Gasteiger partial charge in [-0.1, -0.05) is 6.07 Å². The van der Waals surface area contributed by atoms with Crippen molar-refractivity contribution >= 4 is 36.5 Å². The van der Waals surface area contributed by atoms with Crippen molar-refractivity contribution in [2.45, 2.75) is 19.8 Å². The molecule has 0 unspecified atom stereocenters. The van der Waals surface area contributed by atoms with Gasteiger partial charge in [0.25, 0.3) is 5.91 Å². The molecule has 0 saturated heterocycles. The zero-order chi connectivity index (χ0) is 17.9. The average molecular weight is 336 g/mol. The van der Waals surface area contributed by atoms with Crippen molar-refractivity contribution in [3.05, 3.63) is 29.5 Å². The Hall–Kier alpha value is -2.71. The number of carboxylic acids is 1. The van der Waals surface area contributed by atoms with Crippen LogP contribution in [0, 0.1) is 0 Å². The first-order valence-electron chi connectivity index (χ1n) is 7.21. The third-order valence-electron chi connectivity index (χ3n) is 3.51. The van der Waals surface area contributed by atoms with E-state index in [1.807, 2.05) is 0 Å². The minimum Gasteiger partial charge on any atom is -0.508 e. The van der Waals surface area contributed by atoms with Crippen LogP contribution in [0.1, 0.15) is 25.3 Å². The zero-order valence-corrected chi connectivity index (χ0v) is 12.9. The van der Waals surface area contributed by atoms with Crippen LogP contribution >= 0.6 is 0 Å². The number of aliphatic carboxylic acids is 1. The van der Waals surface area contributed by atoms with Crippen LogP contribution < -0.4 is 5.46 Å². The molecule has 126 valence electrons. The number of carboxylic acid groups (broad SMARTS) is 1. The van der Waals surface area contributed by atoms with E-state index in [-0.39, 0.29) is 36.4 Å². The molecule has 0 radical (unpaired) electrons. The molecular formula is C15H15BF2N2O4. The summed E-state index contributed by atoms with van der Waals surface area (Å²) in [6.45, 7) is 1.78. The van der Waals surface area contributed by atoms with E-state index >= 15 is 0 Å². The van der Waals surface area contributed by atoms with Gasteiger partial charge >= 0.3 is 13.2 Å². The van der Waals surface area contributed by atoms with Gasteiger partial charge in [0.1, 0.15) is 17.3 Å². The third-order valence-corrected chi connectivity index (χ3v) is 3.51. The molecule has 0 spiro atoms. The maximum atomic E-state index is 13.0. The van der Waals surface area contributed by atoms with Crippen molar-refractivity contribution in [1.29, 1.82) is 0 Å². The molecule has 0 aliphatic carbocycles. The summed E-state index contributed by atoms with van der Waals surface area (Å²) in [5.41, 5.74) is -0.307. The van der Waals surface area contributed by atoms with Crippen molar-refractivity contribution in [3.63, 3.8) is 0 Å². The van der Waals surface area contributed by atoms with E-state index in [4.69, 9.17) is 5.11 Å². The molecule has 2 N–H and O–H groups in total. The van der Waals surface area contributed by atoms with Gasteiger partial charge in [0.05, 0.1) is 0 Å². The van der Waals surface area contributed by atoms with Crippen LogP contribution in [-0.2, 0) is 9.59 Å². The highest BCUT2D eigenvalue weighted by molar-refractivity contribution is 6.61. The number of phenolic OH excluding ortho intramolecular Hbond substituents is 1. The van der Waals surface area contributed by atoms with Gasteiger partial charge in [-0.3, -0.25) is 23.1 Å². The number of nitrogens with zero attached hydrogens (tertiary/aromatic N) is 2. The Morgan fingerprint density at radius 3 is 2.75 bits per heavy atom. The van der Waals surface area contributed by atoms with E-state index in [0.29, 0.717) is 5.84 Å². The second-order valence-corrected chi connectivity index (χ2v) is 5.26. The van der Waals surface area contributed by atoms with Gasteiger partial charge in [-0.25, -0.2) is 4.99 Å². The lowest BCUT2D eigenvalue weighted by Gasteiger charge is -2.14. The number of benzene rings is 1. The summed E-state index contributed by atoms with van der Waals surface area (Å²) in [5, 5.41) is 18.0. The normalized spacial score (nSPS) is 15.8. The maximum Gasteiger partial charge on any atom is 0.572 e. The molecule has 24 heavy (non-hydrogen) atoms. The lowest BCUT2D eigenvalue weighted by Crippen LogP contribution is -2.31. The predicted molar refractivity (Wildman–Crippen MR) is 85.4 cm³/mol. The second-order valence-electron chi connectivity index (χ2n) is 5.26. The van der Waals surface area contributed by atoms with Crippen LogP contribution in [0.5, 0.6) is 5.75 Å². The van der Waals surface area contributed by atoms with Crippen LogP contribution in [0.4, 0.5) is 8.63 Å². The molecule has 9 heteroatoms. The fraction of sp³-hybridized carbons (Fsp3) is 0.267. The first kappa shape index (κ1) is 17.6. The van der Waals surface area contributed by atoms with E-state index in [9.17, 15) is 23.3 Å². The molecule has 0 fully saturated rings. The van der Waals surface area contributed by atoms with E-state index in [1.54, 1.807) is 6.92 Å². The highest BCUT2D eigenvalue weighted by Crippen LogP contribution is 2.20. The Morgan fingerprint density at radius 1 is 1.42 bits per heavy atom. The first-order valence-corrected chi connectivity index (χ1v) is 7.21. The van der Waals surface area contributed by atoms with E-state index in [1.165, 1.54) is 23.1 Å². The maximum absolute atomic E-state index is 13.0. The van der Waals surface area contributed by atoms with Gasteiger partial charge < -0.3 is 10.2 Å². The molecule has 1 aliphatic heterocycles. The van der Waals surface area contributed by atoms with Gasteiger partial charge in [-0.2, -0.15) is 0 Å². The second kappa shape index (κ2) is 7.24. The Bertz CT molecular complexity index is 734. The number of phenols is 1. The predicted octanol–water partition coefficient (Wildman–Crippen LogP) is 1.49. The van der Waals surface area contributed by atoms with Gasteiger partial charge in [-0.15, -0.1) is 0 Å². The smallest absolute Gasteiger partial charge is 0.508 e. The van der Waals surface area contributed by atoms with Crippen LogP contribution in [0.15, 0.2) is 28.9 Å². The standard InChI is InChI=1S/C15H15BF2N2O4/c1-9-19-13(15(24)20(9)6-2-3-14(22)23)7-10-4-5-11(21)8-12(10)16(17)18/h4-5,7-8,21H,2-3,6H2,1H3,(H,22,23). The molecule has 0 aromatic heterocycles. The first-order chi connectivity index (χ1) is 11.3. The van der Waals surface area contributed by atoms with Crippen molar-refractivity contribution < 1.29 is 28.4 Å². The van der Waals surface area contributed by atoms with Gasteiger partial charge in [0.15, 0.2) is 0 Å². The lowest BCUT2D eigenvalue weighted by atomic mass is 9.81. The molecule has 1 heterocycles. The number of halogens is 2. The highest BCUT2D eigenvalue weighted by atomic mass is 19.2. The van der Waals surface area contributed by atoms with Crippen molar-refractivity contribution in [3.8, 4) is 5.75 Å². The van der Waals surface area contributed by atoms with Crippen LogP contribution in [-0.4, -0.2) is 46.6 Å². The quantitative estimate of drug-likeness (QED) is 0.608. The number of carbonyl (C=O) groups excluding carboxylic acids is 1. The van der Waals surface area contributed by atoms with Crippen molar-refractivity contribution in [2.24, 2.45) is 4.99 Å². The van der Waals surface area contributed by atoms with E-state index in [0.717, 1.165) is 6.07 Å². The Kier molecular flexibility index (Phi) is 5.33. The third kappa shape index (κ3) is 3.98. The summed E-state index contributed by atoms with van der Waals surface area (Å²) in [6.07, 6.45) is 1.43. The van der Waals surface area contributed by atoms with Crippen LogP contribution in [0.25, 0.3) is 6.08 Å². The fourth-order valence-corrected chi connectivity index (χ4v) is 2.34. The van der Waals surface area contributed by atoms with Gasteiger partial charge in [0.2, 0.25) is 0 Å². The number of hydrogen-bond acceptors (Lipinski definition) is 4. The molecular weight excluding hydrogens is 321 g/mol. The van der Waals surface area contributed by atoms with E-state index < -0.39 is 24.6 Å². The van der Waals surface area contributed by atoms with Crippen molar-refractivity contribution in [1.82, 2.24) is 4.90 Å². The number of amides is 1. The summed E-state index contributed by atoms with van der Waals surface area (Å²) in [7, 11) is -2.81. The monoisotopic (exact) mass is 336 g/mol. The number of aliphatic imine (C=N–C) groups is 1. The zero-order valence-electron chi connectivity index (χ0n) is 12.9. The summed E-state index contributed by atoms with van der Waals surface area (Å²) >= 11 is 0. The molecule has 2 rings (SSSR count). The minimum atomic E-state index is -2.81. The summed E-state index contributed by atoms with van der Waals surface area (Å²) < 4.78 is 26.1. The summed E-state index contributed by atoms with van der Waals surface area (Å²) in [5.74, 6) is -1.34. The molecule has 1 aliphatic rings. The van der Waals surface area contributed by atoms with Gasteiger partial charge in [-0.05, 0) is 37.1 Å². The number of carbonyl (C=O) groups is 2. The largest absolute Gasteiger partial charge is 0.572 e. The SMILES string of the molecule is CC1=NC(=Cc2ccc(O)cc2B(F)F)C(=O)N1CCCC(=O)O. The molecule has 1 aromatic carbocycles. The van der Waals surface area contributed by atoms with Crippen LogP contribution in [0.3, 0.4) is 0 Å².